The Morgan fingerprint density at radius 2 is 1.79 bits per heavy atom. The lowest BCUT2D eigenvalue weighted by Crippen LogP contribution is -2.65. The Morgan fingerprint density at radius 1 is 1.06 bits per heavy atom. The minimum atomic E-state index is -0.922. The molecule has 1 aromatic heterocycles. The zero-order valence-corrected chi connectivity index (χ0v) is 19.9. The van der Waals surface area contributed by atoms with Crippen LogP contribution in [-0.4, -0.2) is 68.9 Å². The molecule has 1 aromatic carbocycles. The van der Waals surface area contributed by atoms with Crippen molar-refractivity contribution in [2.75, 3.05) is 26.2 Å². The highest BCUT2D eigenvalue weighted by Gasteiger charge is 2.48. The van der Waals surface area contributed by atoms with Crippen LogP contribution in [0.15, 0.2) is 24.3 Å². The molecular formula is C26H37N5O2. The van der Waals surface area contributed by atoms with Gasteiger partial charge in [0.25, 0.3) is 5.91 Å². The van der Waals surface area contributed by atoms with Crippen LogP contribution in [0.4, 0.5) is 0 Å². The average molecular weight is 452 g/mol. The van der Waals surface area contributed by atoms with Gasteiger partial charge >= 0.3 is 0 Å². The van der Waals surface area contributed by atoms with Crippen molar-refractivity contribution in [3.63, 3.8) is 0 Å². The third-order valence-corrected chi connectivity index (χ3v) is 7.89. The molecule has 2 amide bonds. The number of amides is 2. The van der Waals surface area contributed by atoms with Crippen LogP contribution in [0.2, 0.25) is 0 Å². The summed E-state index contributed by atoms with van der Waals surface area (Å²) in [5, 5.41) is 3.28. The Morgan fingerprint density at radius 3 is 2.55 bits per heavy atom. The third-order valence-electron chi connectivity index (χ3n) is 7.89. The molecule has 1 aliphatic carbocycles. The Bertz CT molecular complexity index is 1000. The summed E-state index contributed by atoms with van der Waals surface area (Å²) in [7, 11) is 0. The smallest absolute Gasteiger partial charge is 0.290 e. The fraction of sp³-hybridized carbons (Fsp3) is 0.654. The molecule has 1 saturated carbocycles. The van der Waals surface area contributed by atoms with Gasteiger partial charge in [-0.05, 0) is 70.8 Å². The summed E-state index contributed by atoms with van der Waals surface area (Å²) >= 11 is 0. The molecular weight excluding hydrogens is 414 g/mol. The largest absolute Gasteiger partial charge is 0.351 e. The zero-order chi connectivity index (χ0) is 22.8. The van der Waals surface area contributed by atoms with Crippen molar-refractivity contribution in [2.45, 2.75) is 82.8 Å². The fourth-order valence-corrected chi connectivity index (χ4v) is 5.90. The predicted molar refractivity (Wildman–Crippen MR) is 129 cm³/mol. The van der Waals surface area contributed by atoms with Crippen LogP contribution in [0.1, 0.15) is 75.3 Å². The Labute approximate surface area is 196 Å². The second-order valence-corrected chi connectivity index (χ2v) is 10.3. The van der Waals surface area contributed by atoms with Crippen LogP contribution in [0.3, 0.4) is 0 Å². The number of nitrogens with zero attached hydrogens (tertiary/aromatic N) is 4. The van der Waals surface area contributed by atoms with Crippen molar-refractivity contribution in [3.05, 3.63) is 30.1 Å². The number of likely N-dealkylation sites (tertiary alicyclic amines) is 1. The van der Waals surface area contributed by atoms with E-state index in [0.29, 0.717) is 18.9 Å². The Hall–Kier alpha value is -2.41. The number of carbonyl (C=O) groups is 2. The van der Waals surface area contributed by atoms with Crippen molar-refractivity contribution < 1.29 is 9.59 Å². The van der Waals surface area contributed by atoms with Gasteiger partial charge in [-0.1, -0.05) is 37.8 Å². The summed E-state index contributed by atoms with van der Waals surface area (Å²) in [5.74, 6) is 0.301. The van der Waals surface area contributed by atoms with E-state index in [0.717, 1.165) is 62.8 Å². The van der Waals surface area contributed by atoms with Gasteiger partial charge in [0.2, 0.25) is 5.91 Å². The summed E-state index contributed by atoms with van der Waals surface area (Å²) in [6, 6.07) is 8.06. The van der Waals surface area contributed by atoms with Gasteiger partial charge in [-0.2, -0.15) is 0 Å². The van der Waals surface area contributed by atoms with Gasteiger partial charge in [-0.25, -0.2) is 4.98 Å². The molecule has 1 saturated heterocycles. The minimum absolute atomic E-state index is 0.0269. The average Bonchev–Trinajstić information content (AvgIpc) is 3.37. The molecule has 0 spiro atoms. The molecule has 2 fully saturated rings. The topological polar surface area (TPSA) is 70.5 Å². The molecule has 7 nitrogen and oxygen atoms in total. The van der Waals surface area contributed by atoms with Crippen LogP contribution in [0, 0.1) is 0 Å². The lowest BCUT2D eigenvalue weighted by atomic mass is 9.94. The number of nitrogens with one attached hydrogen (secondary N) is 1. The van der Waals surface area contributed by atoms with E-state index >= 15 is 0 Å². The van der Waals surface area contributed by atoms with Crippen LogP contribution in [0.25, 0.3) is 11.0 Å². The van der Waals surface area contributed by atoms with E-state index in [9.17, 15) is 9.59 Å². The number of hydrogen-bond acceptors (Lipinski definition) is 4. The molecule has 5 rings (SSSR count). The lowest BCUT2D eigenvalue weighted by Gasteiger charge is -2.44. The Balaban J connectivity index is 1.40. The van der Waals surface area contributed by atoms with Crippen molar-refractivity contribution >= 4 is 22.8 Å². The van der Waals surface area contributed by atoms with Crippen LogP contribution >= 0.6 is 0 Å². The first kappa shape index (κ1) is 22.4. The molecule has 2 aromatic rings. The van der Waals surface area contributed by atoms with Crippen LogP contribution < -0.4 is 5.32 Å². The van der Waals surface area contributed by atoms with Gasteiger partial charge in [0.1, 0.15) is 5.54 Å². The number of benzene rings is 1. The molecule has 178 valence electrons. The van der Waals surface area contributed by atoms with Crippen LogP contribution in [-0.2, 0) is 11.3 Å². The van der Waals surface area contributed by atoms with Gasteiger partial charge in [-0.3, -0.25) is 9.59 Å². The normalized spacial score (nSPS) is 24.8. The van der Waals surface area contributed by atoms with Gasteiger partial charge < -0.3 is 19.7 Å². The SMILES string of the molecule is C[C@]1(C(=O)NC2CCCC2)Cn2c(nc3ccccc32)C(=O)N1CCCN1CCCCCC1. The van der Waals surface area contributed by atoms with Gasteiger partial charge in [0.15, 0.2) is 5.82 Å². The van der Waals surface area contributed by atoms with E-state index in [-0.39, 0.29) is 17.9 Å². The molecule has 3 heterocycles. The Kier molecular flexibility index (Phi) is 6.41. The second-order valence-electron chi connectivity index (χ2n) is 10.3. The molecule has 1 N–H and O–H groups in total. The predicted octanol–water partition coefficient (Wildman–Crippen LogP) is 3.58. The third kappa shape index (κ3) is 4.39. The van der Waals surface area contributed by atoms with Crippen molar-refractivity contribution in [1.29, 1.82) is 0 Å². The number of carbonyl (C=O) groups excluding carboxylic acids is 2. The molecule has 2 aliphatic heterocycles. The first-order valence-corrected chi connectivity index (χ1v) is 12.9. The second kappa shape index (κ2) is 9.45. The molecule has 33 heavy (non-hydrogen) atoms. The van der Waals surface area contributed by atoms with Gasteiger partial charge in [-0.15, -0.1) is 0 Å². The lowest BCUT2D eigenvalue weighted by molar-refractivity contribution is -0.133. The highest BCUT2D eigenvalue weighted by atomic mass is 16.2. The van der Waals surface area contributed by atoms with E-state index in [1.54, 1.807) is 0 Å². The number of aromatic nitrogens is 2. The maximum absolute atomic E-state index is 13.7. The molecule has 0 unspecified atom stereocenters. The number of para-hydroxylation sites is 2. The van der Waals surface area contributed by atoms with Gasteiger partial charge in [0.05, 0.1) is 17.6 Å². The first-order chi connectivity index (χ1) is 16.1. The highest BCUT2D eigenvalue weighted by Crippen LogP contribution is 2.31. The molecule has 1 atom stereocenters. The van der Waals surface area contributed by atoms with Crippen molar-refractivity contribution in [1.82, 2.24) is 24.7 Å². The summed E-state index contributed by atoms with van der Waals surface area (Å²) in [4.78, 5) is 36.4. The standard InChI is InChI=1S/C26H37N5O2/c1-26(25(33)27-20-11-4-5-12-20)19-30-22-14-7-6-13-21(22)28-23(30)24(32)31(26)18-10-17-29-15-8-2-3-9-16-29/h6-7,13-14,20H,2-5,8-12,15-19H2,1H3,(H,27,33)/t26-/m1/s1. The van der Waals surface area contributed by atoms with Gasteiger partial charge in [0, 0.05) is 12.6 Å². The summed E-state index contributed by atoms with van der Waals surface area (Å²) in [6.45, 7) is 6.22. The summed E-state index contributed by atoms with van der Waals surface area (Å²) in [5.41, 5.74) is 0.811. The maximum Gasteiger partial charge on any atom is 0.290 e. The molecule has 0 radical (unpaired) electrons. The number of imidazole rings is 1. The monoisotopic (exact) mass is 451 g/mol. The molecule has 0 bridgehead atoms. The first-order valence-electron chi connectivity index (χ1n) is 12.9. The van der Waals surface area contributed by atoms with E-state index in [1.165, 1.54) is 25.7 Å². The van der Waals surface area contributed by atoms with Crippen molar-refractivity contribution in [2.24, 2.45) is 0 Å². The molecule has 3 aliphatic rings. The van der Waals surface area contributed by atoms with E-state index in [1.807, 2.05) is 40.7 Å². The van der Waals surface area contributed by atoms with E-state index in [2.05, 4.69) is 15.2 Å². The summed E-state index contributed by atoms with van der Waals surface area (Å²) < 4.78 is 1.96. The fourth-order valence-electron chi connectivity index (χ4n) is 5.90. The van der Waals surface area contributed by atoms with E-state index in [4.69, 9.17) is 0 Å². The van der Waals surface area contributed by atoms with Crippen molar-refractivity contribution in [3.8, 4) is 0 Å². The zero-order valence-electron chi connectivity index (χ0n) is 19.9. The van der Waals surface area contributed by atoms with Crippen LogP contribution in [0.5, 0.6) is 0 Å². The van der Waals surface area contributed by atoms with E-state index < -0.39 is 5.54 Å². The number of rotatable bonds is 6. The summed E-state index contributed by atoms with van der Waals surface area (Å²) in [6.07, 6.45) is 10.4. The quantitative estimate of drug-likeness (QED) is 0.729. The number of hydrogen-bond donors (Lipinski definition) is 1. The highest BCUT2D eigenvalue weighted by molar-refractivity contribution is 6.01. The number of fused-ring (bicyclic) bond motifs is 3. The molecule has 7 heteroatoms. The maximum atomic E-state index is 13.7. The minimum Gasteiger partial charge on any atom is -0.351 e.